The fraction of sp³-hybridized carbons (Fsp3) is 0.500. The van der Waals surface area contributed by atoms with Crippen molar-refractivity contribution in [2.24, 2.45) is 0 Å². The lowest BCUT2D eigenvalue weighted by Crippen LogP contribution is -2.00. The topological polar surface area (TPSA) is 43.1 Å². The molecule has 0 rings (SSSR count). The Kier molecular flexibility index (Phi) is 3.45. The summed E-state index contributed by atoms with van der Waals surface area (Å²) >= 11 is 0. The van der Waals surface area contributed by atoms with E-state index in [1.807, 2.05) is 0 Å². The highest BCUT2D eigenvalue weighted by Gasteiger charge is 2.07. The van der Waals surface area contributed by atoms with Gasteiger partial charge in [0, 0.05) is 4.92 Å². The largest absolute Gasteiger partial charge is 0.301 e. The van der Waals surface area contributed by atoms with Crippen LogP contribution in [0.3, 0.4) is 0 Å². The maximum atomic E-state index is 11.7. The molecule has 0 atom stereocenters. The summed E-state index contributed by atoms with van der Waals surface area (Å²) in [5, 5.41) is 9.50. The molecule has 0 aliphatic heterocycles. The molecule has 0 unspecified atom stereocenters. The van der Waals surface area contributed by atoms with Gasteiger partial charge in [-0.15, -0.1) is 0 Å². The SMILES string of the molecule is O=[N+]([O-])CCC(F)=C(F)F. The van der Waals surface area contributed by atoms with Crippen molar-refractivity contribution >= 4 is 0 Å². The Morgan fingerprint density at radius 2 is 1.90 bits per heavy atom. The molecule has 58 valence electrons. The van der Waals surface area contributed by atoms with Crippen LogP contribution in [-0.2, 0) is 0 Å². The van der Waals surface area contributed by atoms with E-state index in [1.165, 1.54) is 0 Å². The van der Waals surface area contributed by atoms with Gasteiger partial charge in [0.1, 0.15) is 0 Å². The molecule has 0 bridgehead atoms. The Morgan fingerprint density at radius 3 is 2.20 bits per heavy atom. The molecule has 0 saturated heterocycles. The summed E-state index contributed by atoms with van der Waals surface area (Å²) < 4.78 is 34.0. The molecule has 0 radical (unpaired) electrons. The lowest BCUT2D eigenvalue weighted by Gasteiger charge is -1.89. The second-order valence-electron chi connectivity index (χ2n) is 1.47. The van der Waals surface area contributed by atoms with E-state index < -0.39 is 29.8 Å². The summed E-state index contributed by atoms with van der Waals surface area (Å²) in [7, 11) is 0. The zero-order valence-electron chi connectivity index (χ0n) is 4.81. The molecule has 0 fully saturated rings. The van der Waals surface area contributed by atoms with Gasteiger partial charge in [-0.2, -0.15) is 8.78 Å². The van der Waals surface area contributed by atoms with Crippen molar-refractivity contribution in [1.29, 1.82) is 0 Å². The summed E-state index contributed by atoms with van der Waals surface area (Å²) in [4.78, 5) is 8.64. The molecule has 0 heterocycles. The van der Waals surface area contributed by atoms with E-state index >= 15 is 0 Å². The van der Waals surface area contributed by atoms with Gasteiger partial charge in [-0.1, -0.05) is 0 Å². The maximum Gasteiger partial charge on any atom is 0.301 e. The zero-order valence-corrected chi connectivity index (χ0v) is 4.81. The number of rotatable bonds is 3. The second-order valence-corrected chi connectivity index (χ2v) is 1.47. The minimum atomic E-state index is -2.48. The van der Waals surface area contributed by atoms with Crippen LogP contribution in [-0.4, -0.2) is 11.5 Å². The minimum Gasteiger partial charge on any atom is -0.265 e. The normalized spacial score (nSPS) is 9.10. The van der Waals surface area contributed by atoms with E-state index in [0.717, 1.165) is 0 Å². The average molecular weight is 155 g/mol. The lowest BCUT2D eigenvalue weighted by atomic mass is 10.4. The van der Waals surface area contributed by atoms with Crippen molar-refractivity contribution in [3.05, 3.63) is 22.0 Å². The molecule has 0 saturated carbocycles. The number of hydrogen-bond acceptors (Lipinski definition) is 2. The standard InChI is InChI=1S/C4H4F3NO2/c5-3(4(6)7)1-2-8(9)10/h1-2H2. The van der Waals surface area contributed by atoms with E-state index in [4.69, 9.17) is 0 Å². The summed E-state index contributed by atoms with van der Waals surface area (Å²) in [6, 6.07) is 0. The Labute approximate surface area is 54.3 Å². The predicted octanol–water partition coefficient (Wildman–Crippen LogP) is 1.73. The average Bonchev–Trinajstić information content (AvgIpc) is 1.82. The highest BCUT2D eigenvalue weighted by Crippen LogP contribution is 2.12. The van der Waals surface area contributed by atoms with Crippen LogP contribution in [0.25, 0.3) is 0 Å². The monoisotopic (exact) mass is 155 g/mol. The lowest BCUT2D eigenvalue weighted by molar-refractivity contribution is -0.479. The Bertz CT molecular complexity index is 164. The third-order valence-electron chi connectivity index (χ3n) is 0.719. The van der Waals surface area contributed by atoms with Crippen LogP contribution in [0.2, 0.25) is 0 Å². The first-order valence-corrected chi connectivity index (χ1v) is 2.35. The number of halogens is 3. The first-order valence-electron chi connectivity index (χ1n) is 2.35. The molecule has 3 nitrogen and oxygen atoms in total. The van der Waals surface area contributed by atoms with E-state index in [9.17, 15) is 23.3 Å². The molecule has 10 heavy (non-hydrogen) atoms. The fourth-order valence-electron chi connectivity index (χ4n) is 0.284. The number of hydrogen-bond donors (Lipinski definition) is 0. The quantitative estimate of drug-likeness (QED) is 0.460. The van der Waals surface area contributed by atoms with Gasteiger partial charge < -0.3 is 0 Å². The van der Waals surface area contributed by atoms with Crippen molar-refractivity contribution in [3.8, 4) is 0 Å². The highest BCUT2D eigenvalue weighted by atomic mass is 19.3. The molecular formula is C4H4F3NO2. The van der Waals surface area contributed by atoms with Crippen LogP contribution in [0.4, 0.5) is 13.2 Å². The van der Waals surface area contributed by atoms with E-state index in [1.54, 1.807) is 0 Å². The smallest absolute Gasteiger partial charge is 0.265 e. The van der Waals surface area contributed by atoms with Gasteiger partial charge in [0.25, 0.3) is 0 Å². The Balaban J connectivity index is 3.71. The predicted molar refractivity (Wildman–Crippen MR) is 26.8 cm³/mol. The minimum absolute atomic E-state index is 0.802. The van der Waals surface area contributed by atoms with Crippen molar-refractivity contribution in [2.45, 2.75) is 6.42 Å². The summed E-state index contributed by atoms with van der Waals surface area (Å²) in [5.41, 5.74) is 0. The van der Waals surface area contributed by atoms with Gasteiger partial charge in [-0.25, -0.2) is 4.39 Å². The van der Waals surface area contributed by atoms with Crippen molar-refractivity contribution < 1.29 is 18.1 Å². The van der Waals surface area contributed by atoms with Gasteiger partial charge in [-0.3, -0.25) is 10.1 Å². The molecule has 6 heteroatoms. The van der Waals surface area contributed by atoms with Gasteiger partial charge in [0.2, 0.25) is 6.54 Å². The summed E-state index contributed by atoms with van der Waals surface area (Å²) in [6.45, 7) is -0.802. The third-order valence-corrected chi connectivity index (χ3v) is 0.719. The first kappa shape index (κ1) is 8.93. The van der Waals surface area contributed by atoms with Gasteiger partial charge in [-0.05, 0) is 0 Å². The van der Waals surface area contributed by atoms with Gasteiger partial charge >= 0.3 is 6.08 Å². The molecule has 0 aliphatic rings. The van der Waals surface area contributed by atoms with Crippen LogP contribution in [0, 0.1) is 10.1 Å². The second kappa shape index (κ2) is 3.86. The van der Waals surface area contributed by atoms with Gasteiger partial charge in [0.15, 0.2) is 5.83 Å². The molecule has 0 amide bonds. The first-order chi connectivity index (χ1) is 4.54. The molecule has 0 spiro atoms. The van der Waals surface area contributed by atoms with Crippen LogP contribution in [0.1, 0.15) is 6.42 Å². The Hall–Kier alpha value is -1.07. The van der Waals surface area contributed by atoms with Crippen LogP contribution in [0.5, 0.6) is 0 Å². The van der Waals surface area contributed by atoms with E-state index in [-0.39, 0.29) is 0 Å². The molecule has 0 aromatic carbocycles. The molecular weight excluding hydrogens is 151 g/mol. The third kappa shape index (κ3) is 3.88. The van der Waals surface area contributed by atoms with E-state index in [0.29, 0.717) is 0 Å². The molecule has 0 aliphatic carbocycles. The fourth-order valence-corrected chi connectivity index (χ4v) is 0.284. The molecule has 0 aromatic rings. The summed E-state index contributed by atoms with van der Waals surface area (Å²) in [6.07, 6.45) is -3.32. The zero-order chi connectivity index (χ0) is 8.15. The van der Waals surface area contributed by atoms with Crippen molar-refractivity contribution in [2.75, 3.05) is 6.54 Å². The Morgan fingerprint density at radius 1 is 1.40 bits per heavy atom. The number of nitrogens with zero attached hydrogens (tertiary/aromatic N) is 1. The highest BCUT2D eigenvalue weighted by molar-refractivity contribution is 4.90. The molecule has 0 aromatic heterocycles. The number of nitro groups is 1. The maximum absolute atomic E-state index is 11.7. The summed E-state index contributed by atoms with van der Waals surface area (Å²) in [5.74, 6) is -1.71. The van der Waals surface area contributed by atoms with E-state index in [2.05, 4.69) is 0 Å². The van der Waals surface area contributed by atoms with Crippen molar-refractivity contribution in [3.63, 3.8) is 0 Å². The van der Waals surface area contributed by atoms with Gasteiger partial charge in [0.05, 0.1) is 6.42 Å². The molecule has 0 N–H and O–H groups in total. The van der Waals surface area contributed by atoms with Crippen LogP contribution >= 0.6 is 0 Å². The van der Waals surface area contributed by atoms with Crippen LogP contribution < -0.4 is 0 Å². The van der Waals surface area contributed by atoms with Crippen molar-refractivity contribution in [1.82, 2.24) is 0 Å². The van der Waals surface area contributed by atoms with Crippen LogP contribution in [0.15, 0.2) is 11.9 Å².